The summed E-state index contributed by atoms with van der Waals surface area (Å²) >= 11 is 0. The van der Waals surface area contributed by atoms with E-state index < -0.39 is 10.0 Å². The van der Waals surface area contributed by atoms with Gasteiger partial charge in [-0.25, -0.2) is 23.1 Å². The Morgan fingerprint density at radius 2 is 1.71 bits per heavy atom. The van der Waals surface area contributed by atoms with Gasteiger partial charge in [0.2, 0.25) is 10.0 Å². The summed E-state index contributed by atoms with van der Waals surface area (Å²) in [6.45, 7) is 3.76. The summed E-state index contributed by atoms with van der Waals surface area (Å²) in [5.41, 5.74) is 3.86. The zero-order valence-corrected chi connectivity index (χ0v) is 16.4. The second kappa shape index (κ2) is 6.96. The number of carbonyl (C=O) groups excluding carboxylic acids is 1. The van der Waals surface area contributed by atoms with Crippen LogP contribution in [0.15, 0.2) is 47.4 Å². The number of nitrogens with zero attached hydrogens (tertiary/aromatic N) is 2. The Morgan fingerprint density at radius 1 is 1.00 bits per heavy atom. The average Bonchev–Trinajstić information content (AvgIpc) is 3.46. The standard InChI is InChI=1S/C20H20N4O3S/c1-12-13(2)22-19-10-14(6-9-18(19)21-12)20(25)23-16-4-3-5-17(11-16)28(26,27)24-15-7-8-15/h3-6,9-11,15,24H,7-8H2,1-2H3,(H,23,25). The van der Waals surface area contributed by atoms with Crippen LogP contribution in [0.2, 0.25) is 0 Å². The molecule has 1 amide bonds. The van der Waals surface area contributed by atoms with Crippen LogP contribution in [0.4, 0.5) is 5.69 Å². The van der Waals surface area contributed by atoms with Crippen LogP contribution in [0.3, 0.4) is 0 Å². The van der Waals surface area contributed by atoms with Crippen molar-refractivity contribution >= 4 is 32.7 Å². The highest BCUT2D eigenvalue weighted by Gasteiger charge is 2.28. The molecule has 2 N–H and O–H groups in total. The van der Waals surface area contributed by atoms with Crippen molar-refractivity contribution < 1.29 is 13.2 Å². The molecule has 1 heterocycles. The van der Waals surface area contributed by atoms with E-state index in [1.807, 2.05) is 13.8 Å². The molecule has 0 spiro atoms. The fraction of sp³-hybridized carbons (Fsp3) is 0.250. The number of aromatic nitrogens is 2. The van der Waals surface area contributed by atoms with Gasteiger partial charge in [-0.1, -0.05) is 6.07 Å². The first-order valence-electron chi connectivity index (χ1n) is 9.00. The maximum Gasteiger partial charge on any atom is 0.255 e. The van der Waals surface area contributed by atoms with E-state index in [0.29, 0.717) is 16.8 Å². The second-order valence-corrected chi connectivity index (χ2v) is 8.69. The summed E-state index contributed by atoms with van der Waals surface area (Å²) in [7, 11) is -3.58. The molecule has 7 nitrogen and oxygen atoms in total. The Bertz CT molecular complexity index is 1190. The number of aryl methyl sites for hydroxylation is 2. The Balaban J connectivity index is 1.57. The van der Waals surface area contributed by atoms with E-state index in [-0.39, 0.29) is 16.8 Å². The summed E-state index contributed by atoms with van der Waals surface area (Å²) in [6.07, 6.45) is 1.72. The van der Waals surface area contributed by atoms with Crippen molar-refractivity contribution in [1.29, 1.82) is 0 Å². The first kappa shape index (κ1) is 18.5. The Kier molecular flexibility index (Phi) is 4.60. The number of nitrogens with one attached hydrogen (secondary N) is 2. The molecule has 4 rings (SSSR count). The molecule has 28 heavy (non-hydrogen) atoms. The van der Waals surface area contributed by atoms with Crippen molar-refractivity contribution in [2.45, 2.75) is 37.6 Å². The number of hydrogen-bond acceptors (Lipinski definition) is 5. The first-order valence-corrected chi connectivity index (χ1v) is 10.5. The van der Waals surface area contributed by atoms with Crippen molar-refractivity contribution in [3.8, 4) is 0 Å². The van der Waals surface area contributed by atoms with Crippen LogP contribution >= 0.6 is 0 Å². The third-order valence-corrected chi connectivity index (χ3v) is 6.16. The minimum absolute atomic E-state index is 0.0223. The van der Waals surface area contributed by atoms with E-state index in [0.717, 1.165) is 29.7 Å². The number of benzene rings is 2. The predicted octanol–water partition coefficient (Wildman–Crippen LogP) is 2.94. The smallest absolute Gasteiger partial charge is 0.255 e. The highest BCUT2D eigenvalue weighted by molar-refractivity contribution is 7.89. The van der Waals surface area contributed by atoms with Crippen LogP contribution in [0.1, 0.15) is 34.6 Å². The van der Waals surface area contributed by atoms with E-state index in [1.165, 1.54) is 12.1 Å². The van der Waals surface area contributed by atoms with Crippen molar-refractivity contribution in [2.24, 2.45) is 0 Å². The molecule has 8 heteroatoms. The highest BCUT2D eigenvalue weighted by atomic mass is 32.2. The molecule has 1 aliphatic rings. The second-order valence-electron chi connectivity index (χ2n) is 6.98. The van der Waals surface area contributed by atoms with Crippen molar-refractivity contribution in [1.82, 2.24) is 14.7 Å². The van der Waals surface area contributed by atoms with Crippen LogP contribution < -0.4 is 10.0 Å². The fourth-order valence-electron chi connectivity index (χ4n) is 2.80. The number of fused-ring (bicyclic) bond motifs is 1. The number of rotatable bonds is 5. The lowest BCUT2D eigenvalue weighted by molar-refractivity contribution is 0.102. The fourth-order valence-corrected chi connectivity index (χ4v) is 4.16. The molecule has 2 aromatic carbocycles. The molecule has 144 valence electrons. The number of sulfonamides is 1. The summed E-state index contributed by atoms with van der Waals surface area (Å²) < 4.78 is 27.3. The Hall–Kier alpha value is -2.84. The third-order valence-electron chi connectivity index (χ3n) is 4.64. The predicted molar refractivity (Wildman–Crippen MR) is 107 cm³/mol. The lowest BCUT2D eigenvalue weighted by Crippen LogP contribution is -2.25. The van der Waals surface area contributed by atoms with Crippen molar-refractivity contribution in [3.05, 3.63) is 59.4 Å². The summed E-state index contributed by atoms with van der Waals surface area (Å²) in [4.78, 5) is 21.7. The van der Waals surface area contributed by atoms with E-state index in [1.54, 1.807) is 30.3 Å². The van der Waals surface area contributed by atoms with E-state index in [4.69, 9.17) is 0 Å². The van der Waals surface area contributed by atoms with Crippen molar-refractivity contribution in [3.63, 3.8) is 0 Å². The zero-order chi connectivity index (χ0) is 19.9. The lowest BCUT2D eigenvalue weighted by Gasteiger charge is -2.10. The summed E-state index contributed by atoms with van der Waals surface area (Å²) in [5.74, 6) is -0.341. The Labute approximate surface area is 163 Å². The molecule has 3 aromatic rings. The quantitative estimate of drug-likeness (QED) is 0.690. The first-order chi connectivity index (χ1) is 13.3. The Morgan fingerprint density at radius 3 is 2.43 bits per heavy atom. The van der Waals surface area contributed by atoms with Gasteiger partial charge in [-0.3, -0.25) is 4.79 Å². The molecular formula is C20H20N4O3S. The van der Waals surface area contributed by atoms with Crippen molar-refractivity contribution in [2.75, 3.05) is 5.32 Å². The van der Waals surface area contributed by atoms with E-state index in [9.17, 15) is 13.2 Å². The van der Waals surface area contributed by atoms with Crippen LogP contribution in [0.25, 0.3) is 11.0 Å². The largest absolute Gasteiger partial charge is 0.322 e. The van der Waals surface area contributed by atoms with Crippen LogP contribution in [-0.2, 0) is 10.0 Å². The van der Waals surface area contributed by atoms with Gasteiger partial charge in [-0.2, -0.15) is 0 Å². The number of carbonyl (C=O) groups is 1. The molecule has 1 saturated carbocycles. The topological polar surface area (TPSA) is 101 Å². The van der Waals surface area contributed by atoms with Gasteiger partial charge in [-0.05, 0) is 63.1 Å². The average molecular weight is 396 g/mol. The molecule has 0 atom stereocenters. The van der Waals surface area contributed by atoms with E-state index in [2.05, 4.69) is 20.0 Å². The maximum atomic E-state index is 12.6. The minimum Gasteiger partial charge on any atom is -0.322 e. The molecule has 0 bridgehead atoms. The van der Waals surface area contributed by atoms with Gasteiger partial charge in [0.15, 0.2) is 0 Å². The lowest BCUT2D eigenvalue weighted by atomic mass is 10.1. The van der Waals surface area contributed by atoms with Gasteiger partial charge in [0.25, 0.3) is 5.91 Å². The molecule has 1 aliphatic carbocycles. The van der Waals surface area contributed by atoms with Crippen LogP contribution in [0.5, 0.6) is 0 Å². The highest BCUT2D eigenvalue weighted by Crippen LogP contribution is 2.23. The van der Waals surface area contributed by atoms with Gasteiger partial charge in [0.05, 0.1) is 27.3 Å². The number of anilines is 1. The van der Waals surface area contributed by atoms with Crippen LogP contribution in [0, 0.1) is 13.8 Å². The molecule has 0 radical (unpaired) electrons. The SMILES string of the molecule is Cc1nc2ccc(C(=O)Nc3cccc(S(=O)(=O)NC4CC4)c3)cc2nc1C. The van der Waals surface area contributed by atoms with Gasteiger partial charge < -0.3 is 5.32 Å². The number of amides is 1. The molecule has 1 aromatic heterocycles. The summed E-state index contributed by atoms with van der Waals surface area (Å²) in [5, 5.41) is 2.75. The molecule has 0 aliphatic heterocycles. The van der Waals surface area contributed by atoms with Crippen LogP contribution in [-0.4, -0.2) is 30.3 Å². The zero-order valence-electron chi connectivity index (χ0n) is 15.6. The third kappa shape index (κ3) is 3.88. The minimum atomic E-state index is -3.58. The molecule has 0 saturated heterocycles. The maximum absolute atomic E-state index is 12.6. The van der Waals surface area contributed by atoms with E-state index >= 15 is 0 Å². The molecule has 1 fully saturated rings. The molecule has 0 unspecified atom stereocenters. The van der Waals surface area contributed by atoms with Gasteiger partial charge in [0, 0.05) is 17.3 Å². The summed E-state index contributed by atoms with van der Waals surface area (Å²) in [6, 6.07) is 11.4. The molecular weight excluding hydrogens is 376 g/mol. The van der Waals surface area contributed by atoms with Gasteiger partial charge >= 0.3 is 0 Å². The normalized spacial score (nSPS) is 14.2. The van der Waals surface area contributed by atoms with Gasteiger partial charge in [0.1, 0.15) is 0 Å². The monoisotopic (exact) mass is 396 g/mol. The van der Waals surface area contributed by atoms with Gasteiger partial charge in [-0.15, -0.1) is 0 Å². The number of hydrogen-bond donors (Lipinski definition) is 2.